The molecule has 0 bridgehead atoms. The minimum absolute atomic E-state index is 0.102. The first-order chi connectivity index (χ1) is 14.8. The second kappa shape index (κ2) is 8.31. The zero-order valence-electron chi connectivity index (χ0n) is 18.5. The number of hydrogen-bond donors (Lipinski definition) is 3. The summed E-state index contributed by atoms with van der Waals surface area (Å²) < 4.78 is 12.1. The molecule has 0 unspecified atom stereocenters. The Bertz CT molecular complexity index is 978. The predicted octanol–water partition coefficient (Wildman–Crippen LogP) is 5.57. The van der Waals surface area contributed by atoms with E-state index in [1.54, 1.807) is 0 Å². The van der Waals surface area contributed by atoms with E-state index in [1.165, 1.54) is 0 Å². The third-order valence-corrected chi connectivity index (χ3v) is 6.22. The molecule has 5 heteroatoms. The van der Waals surface area contributed by atoms with Gasteiger partial charge in [-0.15, -0.1) is 0 Å². The molecule has 0 radical (unpaired) electrons. The highest BCUT2D eigenvalue weighted by Crippen LogP contribution is 2.44. The van der Waals surface area contributed by atoms with E-state index in [4.69, 9.17) is 9.47 Å². The first-order valence-corrected chi connectivity index (χ1v) is 10.8. The molecule has 0 atom stereocenters. The van der Waals surface area contributed by atoms with Crippen LogP contribution in [-0.2, 0) is 0 Å². The number of hydrogen-bond acceptors (Lipinski definition) is 5. The fraction of sp³-hybridized carbons (Fsp3) is 0.385. The normalized spacial score (nSPS) is 15.9. The molecule has 2 aromatic carbocycles. The van der Waals surface area contributed by atoms with Crippen molar-refractivity contribution in [2.24, 2.45) is 5.92 Å². The van der Waals surface area contributed by atoms with Gasteiger partial charge in [0.05, 0.1) is 17.7 Å². The summed E-state index contributed by atoms with van der Waals surface area (Å²) in [7, 11) is 0. The molecule has 3 N–H and O–H groups in total. The van der Waals surface area contributed by atoms with Crippen molar-refractivity contribution in [2.45, 2.75) is 39.5 Å². The van der Waals surface area contributed by atoms with Gasteiger partial charge in [0.1, 0.15) is 36.2 Å². The molecule has 0 saturated heterocycles. The smallest absolute Gasteiger partial charge is 0.134 e. The largest absolute Gasteiger partial charge is 0.507 e. The van der Waals surface area contributed by atoms with Gasteiger partial charge >= 0.3 is 0 Å². The number of aliphatic hydroxyl groups is 3. The Labute approximate surface area is 183 Å². The van der Waals surface area contributed by atoms with Gasteiger partial charge in [0.25, 0.3) is 0 Å². The van der Waals surface area contributed by atoms with E-state index in [1.807, 2.05) is 36.4 Å². The van der Waals surface area contributed by atoms with E-state index >= 15 is 0 Å². The zero-order valence-corrected chi connectivity index (χ0v) is 18.5. The molecule has 4 rings (SSSR count). The van der Waals surface area contributed by atoms with Gasteiger partial charge in [-0.05, 0) is 35.1 Å². The summed E-state index contributed by atoms with van der Waals surface area (Å²) in [5.74, 6) is 1.47. The lowest BCUT2D eigenvalue weighted by Gasteiger charge is -2.31. The highest BCUT2D eigenvalue weighted by atomic mass is 16.5. The molecule has 5 nitrogen and oxygen atoms in total. The monoisotopic (exact) mass is 422 g/mol. The number of aliphatic hydroxyl groups excluding tert-OH is 3. The molecule has 2 aliphatic heterocycles. The van der Waals surface area contributed by atoms with Gasteiger partial charge in [-0.3, -0.25) is 0 Å². The number of rotatable bonds is 5. The Hall–Kier alpha value is -2.92. The topological polar surface area (TPSA) is 79.2 Å². The standard InChI is InChI=1S/C26H30O5/c1-14(2)16-7-5-9-18-23(28)21(12-30-25(16)18)20(11-27)22-13-31-26-17(15(3)4)8-6-10-19(26)24(22)29/h5-10,14-15,20,27-29H,11-13H2,1-4H3. The number of fused-ring (bicyclic) bond motifs is 2. The van der Waals surface area contributed by atoms with Crippen molar-refractivity contribution in [1.29, 1.82) is 0 Å². The van der Waals surface area contributed by atoms with Crippen LogP contribution in [0.2, 0.25) is 0 Å². The van der Waals surface area contributed by atoms with Crippen molar-refractivity contribution in [3.05, 3.63) is 69.8 Å². The minimum Gasteiger partial charge on any atom is -0.507 e. The maximum Gasteiger partial charge on any atom is 0.134 e. The van der Waals surface area contributed by atoms with Crippen molar-refractivity contribution in [3.8, 4) is 11.5 Å². The van der Waals surface area contributed by atoms with Gasteiger partial charge in [0, 0.05) is 17.1 Å². The van der Waals surface area contributed by atoms with Crippen LogP contribution >= 0.6 is 0 Å². The molecule has 0 amide bonds. The highest BCUT2D eigenvalue weighted by Gasteiger charge is 2.34. The molecule has 31 heavy (non-hydrogen) atoms. The van der Waals surface area contributed by atoms with Crippen molar-refractivity contribution >= 4 is 11.5 Å². The summed E-state index contributed by atoms with van der Waals surface area (Å²) in [4.78, 5) is 0. The maximum absolute atomic E-state index is 11.1. The molecular weight excluding hydrogens is 392 g/mol. The molecule has 2 aromatic rings. The molecule has 0 aromatic heterocycles. The van der Waals surface area contributed by atoms with E-state index in [-0.39, 0.29) is 43.2 Å². The summed E-state index contributed by atoms with van der Waals surface area (Å²) in [5.41, 5.74) is 4.38. The average molecular weight is 423 g/mol. The molecule has 2 aliphatic rings. The van der Waals surface area contributed by atoms with Gasteiger partial charge in [0.15, 0.2) is 0 Å². The molecule has 2 heterocycles. The summed E-state index contributed by atoms with van der Waals surface area (Å²) in [6.45, 7) is 8.33. The lowest BCUT2D eigenvalue weighted by atomic mass is 9.84. The van der Waals surface area contributed by atoms with E-state index in [9.17, 15) is 15.3 Å². The van der Waals surface area contributed by atoms with E-state index in [0.29, 0.717) is 33.8 Å². The molecule has 0 fully saturated rings. The maximum atomic E-state index is 11.1. The van der Waals surface area contributed by atoms with E-state index in [2.05, 4.69) is 27.7 Å². The third-order valence-electron chi connectivity index (χ3n) is 6.22. The second-order valence-electron chi connectivity index (χ2n) is 8.82. The van der Waals surface area contributed by atoms with Crippen LogP contribution in [0.15, 0.2) is 47.5 Å². The lowest BCUT2D eigenvalue weighted by Crippen LogP contribution is -2.27. The highest BCUT2D eigenvalue weighted by molar-refractivity contribution is 5.75. The summed E-state index contributed by atoms with van der Waals surface area (Å²) in [6.07, 6.45) is 0. The number of ether oxygens (including phenoxy) is 2. The minimum atomic E-state index is -0.605. The Morgan fingerprint density at radius 2 is 1.16 bits per heavy atom. The lowest BCUT2D eigenvalue weighted by molar-refractivity contribution is 0.224. The fourth-order valence-electron chi connectivity index (χ4n) is 4.46. The summed E-state index contributed by atoms with van der Waals surface area (Å²) in [6, 6.07) is 11.4. The van der Waals surface area contributed by atoms with Crippen LogP contribution in [0.3, 0.4) is 0 Å². The van der Waals surface area contributed by atoms with E-state index < -0.39 is 5.92 Å². The quantitative estimate of drug-likeness (QED) is 0.587. The van der Waals surface area contributed by atoms with Crippen LogP contribution in [0.25, 0.3) is 11.5 Å². The number of para-hydroxylation sites is 2. The number of benzene rings is 2. The average Bonchev–Trinajstić information content (AvgIpc) is 2.76. The molecular formula is C26H30O5. The van der Waals surface area contributed by atoms with Crippen LogP contribution in [0.1, 0.15) is 61.8 Å². The SMILES string of the molecule is CC(C)c1cccc2c1OCC(C(CO)C1=C(O)c3cccc(C(C)C)c3OC1)=C2O. The molecule has 0 aliphatic carbocycles. The Morgan fingerprint density at radius 3 is 1.52 bits per heavy atom. The summed E-state index contributed by atoms with van der Waals surface area (Å²) in [5, 5.41) is 32.4. The van der Waals surface area contributed by atoms with Crippen molar-refractivity contribution in [1.82, 2.24) is 0 Å². The molecule has 0 spiro atoms. The van der Waals surface area contributed by atoms with E-state index in [0.717, 1.165) is 11.1 Å². The van der Waals surface area contributed by atoms with Gasteiger partial charge in [-0.2, -0.15) is 0 Å². The van der Waals surface area contributed by atoms with Crippen molar-refractivity contribution < 1.29 is 24.8 Å². The van der Waals surface area contributed by atoms with Crippen LogP contribution in [-0.4, -0.2) is 35.1 Å². The van der Waals surface area contributed by atoms with Crippen LogP contribution in [0.4, 0.5) is 0 Å². The third kappa shape index (κ3) is 3.57. The first kappa shape index (κ1) is 21.3. The first-order valence-electron chi connectivity index (χ1n) is 10.8. The Morgan fingerprint density at radius 1 is 0.742 bits per heavy atom. The van der Waals surface area contributed by atoms with Crippen LogP contribution in [0, 0.1) is 5.92 Å². The predicted molar refractivity (Wildman–Crippen MR) is 122 cm³/mol. The zero-order chi connectivity index (χ0) is 22.3. The van der Waals surface area contributed by atoms with Gasteiger partial charge in [-0.25, -0.2) is 0 Å². The van der Waals surface area contributed by atoms with Crippen molar-refractivity contribution in [2.75, 3.05) is 19.8 Å². The van der Waals surface area contributed by atoms with Gasteiger partial charge in [-0.1, -0.05) is 52.0 Å². The van der Waals surface area contributed by atoms with Crippen LogP contribution < -0.4 is 9.47 Å². The van der Waals surface area contributed by atoms with Gasteiger partial charge < -0.3 is 24.8 Å². The Kier molecular flexibility index (Phi) is 5.71. The Balaban J connectivity index is 1.80. The second-order valence-corrected chi connectivity index (χ2v) is 8.82. The fourth-order valence-corrected chi connectivity index (χ4v) is 4.46. The molecule has 164 valence electrons. The van der Waals surface area contributed by atoms with Crippen molar-refractivity contribution in [3.63, 3.8) is 0 Å². The van der Waals surface area contributed by atoms with Gasteiger partial charge in [0.2, 0.25) is 0 Å². The molecule has 0 saturated carbocycles. The summed E-state index contributed by atoms with van der Waals surface area (Å²) >= 11 is 0. The van der Waals surface area contributed by atoms with Crippen LogP contribution in [0.5, 0.6) is 11.5 Å².